The Hall–Kier alpha value is -1.17. The summed E-state index contributed by atoms with van der Waals surface area (Å²) in [4.78, 5) is 18.1. The number of nitrogens with two attached hydrogens (primary N) is 1. The summed E-state index contributed by atoms with van der Waals surface area (Å²) < 4.78 is 0. The van der Waals surface area contributed by atoms with Crippen LogP contribution in [0.4, 0.5) is 5.69 Å². The van der Waals surface area contributed by atoms with Gasteiger partial charge in [0.25, 0.3) is 0 Å². The van der Waals surface area contributed by atoms with Gasteiger partial charge in [-0.1, -0.05) is 11.6 Å². The first-order chi connectivity index (χ1) is 9.04. The molecule has 1 aliphatic rings. The first-order valence-electron chi connectivity index (χ1n) is 6.44. The van der Waals surface area contributed by atoms with Crippen LogP contribution in [0.3, 0.4) is 0 Å². The lowest BCUT2D eigenvalue weighted by Crippen LogP contribution is -2.43. The Bertz CT molecular complexity index is 458. The predicted molar refractivity (Wildman–Crippen MR) is 76.3 cm³/mol. The van der Waals surface area contributed by atoms with Gasteiger partial charge in [-0.25, -0.2) is 4.98 Å². The fourth-order valence-corrected chi connectivity index (χ4v) is 2.29. The number of nitrogens with zero attached hydrogens (tertiary/aromatic N) is 2. The second-order valence-electron chi connectivity index (χ2n) is 5.01. The molecule has 1 aromatic heterocycles. The number of amides is 1. The molecule has 2 heterocycles. The molecule has 3 N–H and O–H groups in total. The smallest absolute Gasteiger partial charge is 0.238 e. The van der Waals surface area contributed by atoms with E-state index in [2.05, 4.69) is 15.2 Å². The normalized spacial score (nSPS) is 17.4. The average molecular weight is 283 g/mol. The number of aryl methyl sites for hydroxylation is 1. The van der Waals surface area contributed by atoms with E-state index in [1.165, 1.54) is 0 Å². The van der Waals surface area contributed by atoms with Gasteiger partial charge in [0, 0.05) is 25.3 Å². The van der Waals surface area contributed by atoms with Crippen molar-refractivity contribution in [3.63, 3.8) is 0 Å². The van der Waals surface area contributed by atoms with Crippen LogP contribution in [0.25, 0.3) is 0 Å². The highest BCUT2D eigenvalue weighted by Crippen LogP contribution is 2.19. The first kappa shape index (κ1) is 14.2. The molecule has 1 amide bonds. The van der Waals surface area contributed by atoms with Crippen LogP contribution in [0.15, 0.2) is 12.3 Å². The number of rotatable bonds is 3. The van der Waals surface area contributed by atoms with Gasteiger partial charge in [0.1, 0.15) is 0 Å². The van der Waals surface area contributed by atoms with Gasteiger partial charge < -0.3 is 11.1 Å². The van der Waals surface area contributed by atoms with Gasteiger partial charge in [-0.2, -0.15) is 0 Å². The van der Waals surface area contributed by atoms with Crippen molar-refractivity contribution < 1.29 is 4.79 Å². The highest BCUT2D eigenvalue weighted by Gasteiger charge is 2.18. The number of carbonyl (C=O) groups excluding carboxylic acids is 1. The number of likely N-dealkylation sites (tertiary alicyclic amines) is 1. The van der Waals surface area contributed by atoms with E-state index in [9.17, 15) is 4.79 Å². The number of hydrogen-bond acceptors (Lipinski definition) is 4. The number of hydrogen-bond donors (Lipinski definition) is 2. The van der Waals surface area contributed by atoms with Crippen molar-refractivity contribution in [1.29, 1.82) is 0 Å². The molecule has 1 aliphatic heterocycles. The summed E-state index contributed by atoms with van der Waals surface area (Å²) in [5, 5.41) is 3.12. The van der Waals surface area contributed by atoms with E-state index in [0.717, 1.165) is 31.5 Å². The Morgan fingerprint density at radius 1 is 1.58 bits per heavy atom. The standard InChI is InChI=1S/C13H19ClN4O/c1-9-6-11(13(14)16-7-9)17-12(19)8-18-4-2-10(15)3-5-18/h6-7,10H,2-5,8,15H2,1H3,(H,17,19). The molecule has 6 heteroatoms. The Kier molecular flexibility index (Phi) is 4.74. The van der Waals surface area contributed by atoms with Gasteiger partial charge in [-0.15, -0.1) is 0 Å². The number of pyridine rings is 1. The summed E-state index contributed by atoms with van der Waals surface area (Å²) in [6.45, 7) is 4.02. The van der Waals surface area contributed by atoms with Gasteiger partial charge in [-0.05, 0) is 31.4 Å². The molecule has 19 heavy (non-hydrogen) atoms. The van der Waals surface area contributed by atoms with Crippen LogP contribution >= 0.6 is 11.6 Å². The van der Waals surface area contributed by atoms with E-state index >= 15 is 0 Å². The molecule has 0 atom stereocenters. The molecular weight excluding hydrogens is 264 g/mol. The number of carbonyl (C=O) groups is 1. The molecule has 2 rings (SSSR count). The second kappa shape index (κ2) is 6.32. The van der Waals surface area contributed by atoms with Crippen LogP contribution in [0.5, 0.6) is 0 Å². The van der Waals surface area contributed by atoms with Crippen LogP contribution in [-0.2, 0) is 4.79 Å². The van der Waals surface area contributed by atoms with Crippen molar-refractivity contribution in [2.45, 2.75) is 25.8 Å². The first-order valence-corrected chi connectivity index (χ1v) is 6.82. The fourth-order valence-electron chi connectivity index (χ4n) is 2.14. The largest absolute Gasteiger partial charge is 0.328 e. The van der Waals surface area contributed by atoms with E-state index in [1.54, 1.807) is 6.20 Å². The molecule has 0 unspecified atom stereocenters. The Labute approximate surface area is 118 Å². The van der Waals surface area contributed by atoms with Crippen LogP contribution < -0.4 is 11.1 Å². The van der Waals surface area contributed by atoms with E-state index in [-0.39, 0.29) is 11.9 Å². The van der Waals surface area contributed by atoms with Gasteiger partial charge in [0.05, 0.1) is 12.2 Å². The van der Waals surface area contributed by atoms with E-state index in [1.807, 2.05) is 13.0 Å². The Morgan fingerprint density at radius 2 is 2.26 bits per heavy atom. The third kappa shape index (κ3) is 4.16. The van der Waals surface area contributed by atoms with Crippen LogP contribution in [0.1, 0.15) is 18.4 Å². The minimum Gasteiger partial charge on any atom is -0.328 e. The lowest BCUT2D eigenvalue weighted by molar-refractivity contribution is -0.117. The lowest BCUT2D eigenvalue weighted by Gasteiger charge is -2.29. The van der Waals surface area contributed by atoms with Crippen molar-refractivity contribution in [3.05, 3.63) is 23.0 Å². The summed E-state index contributed by atoms with van der Waals surface area (Å²) in [6.07, 6.45) is 3.56. The van der Waals surface area contributed by atoms with Gasteiger partial charge in [0.15, 0.2) is 5.15 Å². The molecule has 1 saturated heterocycles. The topological polar surface area (TPSA) is 71.2 Å². The summed E-state index contributed by atoms with van der Waals surface area (Å²) in [5.74, 6) is -0.0650. The van der Waals surface area contributed by atoms with Gasteiger partial charge in [-0.3, -0.25) is 9.69 Å². The van der Waals surface area contributed by atoms with Crippen molar-refractivity contribution in [3.8, 4) is 0 Å². The highest BCUT2D eigenvalue weighted by molar-refractivity contribution is 6.32. The maximum Gasteiger partial charge on any atom is 0.238 e. The van der Waals surface area contributed by atoms with E-state index in [0.29, 0.717) is 17.4 Å². The van der Waals surface area contributed by atoms with Crippen molar-refractivity contribution in [1.82, 2.24) is 9.88 Å². The maximum absolute atomic E-state index is 12.0. The third-order valence-electron chi connectivity index (χ3n) is 3.25. The molecule has 0 aromatic carbocycles. The van der Waals surface area contributed by atoms with Crippen LogP contribution in [-0.4, -0.2) is 41.5 Å². The monoisotopic (exact) mass is 282 g/mol. The van der Waals surface area contributed by atoms with Crippen molar-refractivity contribution in [2.75, 3.05) is 25.0 Å². The average Bonchev–Trinajstić information content (AvgIpc) is 2.37. The molecule has 1 aromatic rings. The van der Waals surface area contributed by atoms with Crippen LogP contribution in [0.2, 0.25) is 5.15 Å². The number of aromatic nitrogens is 1. The SMILES string of the molecule is Cc1cnc(Cl)c(NC(=O)CN2CCC(N)CC2)c1. The van der Waals surface area contributed by atoms with Crippen molar-refractivity contribution in [2.24, 2.45) is 5.73 Å². The molecule has 0 aliphatic carbocycles. The van der Waals surface area contributed by atoms with E-state index < -0.39 is 0 Å². The fraction of sp³-hybridized carbons (Fsp3) is 0.538. The Morgan fingerprint density at radius 3 is 2.95 bits per heavy atom. The Balaban J connectivity index is 1.89. The molecular formula is C13H19ClN4O. The maximum atomic E-state index is 12.0. The quantitative estimate of drug-likeness (QED) is 0.822. The molecule has 1 fully saturated rings. The molecule has 5 nitrogen and oxygen atoms in total. The molecule has 0 bridgehead atoms. The highest BCUT2D eigenvalue weighted by atomic mass is 35.5. The summed E-state index contributed by atoms with van der Waals surface area (Å²) in [5.41, 5.74) is 7.37. The van der Waals surface area contributed by atoms with Gasteiger partial charge in [0.2, 0.25) is 5.91 Å². The second-order valence-corrected chi connectivity index (χ2v) is 5.37. The van der Waals surface area contributed by atoms with E-state index in [4.69, 9.17) is 17.3 Å². The predicted octanol–water partition coefficient (Wildman–Crippen LogP) is 1.41. The summed E-state index contributed by atoms with van der Waals surface area (Å²) in [6, 6.07) is 2.09. The number of piperidine rings is 1. The number of anilines is 1. The van der Waals surface area contributed by atoms with Gasteiger partial charge >= 0.3 is 0 Å². The minimum absolute atomic E-state index is 0.0650. The molecule has 0 spiro atoms. The molecule has 0 saturated carbocycles. The zero-order chi connectivity index (χ0) is 13.8. The summed E-state index contributed by atoms with van der Waals surface area (Å²) >= 11 is 5.95. The van der Waals surface area contributed by atoms with Crippen LogP contribution in [0, 0.1) is 6.92 Å². The number of halogens is 1. The summed E-state index contributed by atoms with van der Waals surface area (Å²) in [7, 11) is 0. The lowest BCUT2D eigenvalue weighted by atomic mass is 10.1. The molecule has 0 radical (unpaired) electrons. The number of nitrogens with one attached hydrogen (secondary N) is 1. The van der Waals surface area contributed by atoms with Crippen molar-refractivity contribution >= 4 is 23.2 Å². The third-order valence-corrected chi connectivity index (χ3v) is 3.55. The zero-order valence-corrected chi connectivity index (χ0v) is 11.8. The molecule has 104 valence electrons. The zero-order valence-electron chi connectivity index (χ0n) is 11.0. The minimum atomic E-state index is -0.0650.